The third-order valence-corrected chi connectivity index (χ3v) is 5.84. The topological polar surface area (TPSA) is 116 Å². The first-order chi connectivity index (χ1) is 15.7. The highest BCUT2D eigenvalue weighted by atomic mass is 35.5. The third-order valence-electron chi connectivity index (χ3n) is 5.30. The van der Waals surface area contributed by atoms with Crippen LogP contribution in [-0.2, 0) is 9.59 Å². The fourth-order valence-corrected chi connectivity index (χ4v) is 4.01. The summed E-state index contributed by atoms with van der Waals surface area (Å²) in [6.45, 7) is 4.16. The maximum atomic E-state index is 13.0. The minimum absolute atomic E-state index is 0.0258. The van der Waals surface area contributed by atoms with Gasteiger partial charge in [0.1, 0.15) is 5.82 Å². The molecule has 0 spiro atoms. The lowest BCUT2D eigenvalue weighted by atomic mass is 9.92. The first kappa shape index (κ1) is 22.8. The Kier molecular flexibility index (Phi) is 6.40. The number of rotatable bonds is 5. The molecule has 1 atom stereocenters. The first-order valence-electron chi connectivity index (χ1n) is 10.3. The van der Waals surface area contributed by atoms with Gasteiger partial charge < -0.3 is 16.0 Å². The van der Waals surface area contributed by atoms with Crippen LogP contribution in [-0.4, -0.2) is 21.8 Å². The minimum atomic E-state index is -0.983. The predicted molar refractivity (Wildman–Crippen MR) is 130 cm³/mol. The highest BCUT2D eigenvalue weighted by Gasteiger charge is 2.34. The highest BCUT2D eigenvalue weighted by molar-refractivity contribution is 6.36. The number of carbonyl (C=O) groups excluding carboxylic acids is 2. The standard InChI is InChI=1S/C23H21Cl2N5O3/c1-11(2)12-3-6-14(7-4-12)26-21(32)15-10-18(31)28-20-19(15)22(33)30-23(29-20)27-17-8-5-13(24)9-16(17)25/h3-9,11,15H,10H2,1-2H3,(H,26,32)(H3,27,28,29,30,31,33)/t15-/m1/s1. The molecule has 0 fully saturated rings. The second-order valence-corrected chi connectivity index (χ2v) is 8.84. The van der Waals surface area contributed by atoms with Gasteiger partial charge in [0, 0.05) is 17.1 Å². The number of carbonyl (C=O) groups is 2. The predicted octanol–water partition coefficient (Wildman–Crippen LogP) is 5.01. The van der Waals surface area contributed by atoms with Crippen molar-refractivity contribution >= 4 is 58.2 Å². The summed E-state index contributed by atoms with van der Waals surface area (Å²) in [6, 6.07) is 12.2. The van der Waals surface area contributed by atoms with Gasteiger partial charge in [0.2, 0.25) is 17.8 Å². The van der Waals surface area contributed by atoms with Gasteiger partial charge in [-0.3, -0.25) is 19.4 Å². The lowest BCUT2D eigenvalue weighted by Crippen LogP contribution is -2.36. The third kappa shape index (κ3) is 5.02. The van der Waals surface area contributed by atoms with Crippen LogP contribution >= 0.6 is 23.2 Å². The number of nitrogens with zero attached hydrogens (tertiary/aromatic N) is 1. The first-order valence-corrected chi connectivity index (χ1v) is 11.0. The van der Waals surface area contributed by atoms with Crippen LogP contribution in [0.1, 0.15) is 43.2 Å². The maximum Gasteiger partial charge on any atom is 0.258 e. The highest BCUT2D eigenvalue weighted by Crippen LogP contribution is 2.32. The summed E-state index contributed by atoms with van der Waals surface area (Å²) in [7, 11) is 0. The average Bonchev–Trinajstić information content (AvgIpc) is 2.75. The number of hydrogen-bond acceptors (Lipinski definition) is 5. The van der Waals surface area contributed by atoms with Crippen LogP contribution in [0.25, 0.3) is 0 Å². The number of anilines is 4. The summed E-state index contributed by atoms with van der Waals surface area (Å²) in [5.41, 5.74) is 1.74. The molecule has 0 bridgehead atoms. The summed E-state index contributed by atoms with van der Waals surface area (Å²) >= 11 is 12.1. The van der Waals surface area contributed by atoms with Crippen LogP contribution in [0, 0.1) is 0 Å². The van der Waals surface area contributed by atoms with Crippen molar-refractivity contribution in [1.82, 2.24) is 9.97 Å². The summed E-state index contributed by atoms with van der Waals surface area (Å²) in [5, 5.41) is 9.04. The zero-order chi connectivity index (χ0) is 23.7. The van der Waals surface area contributed by atoms with Gasteiger partial charge in [-0.1, -0.05) is 49.2 Å². The number of aromatic nitrogens is 2. The van der Waals surface area contributed by atoms with Gasteiger partial charge in [-0.15, -0.1) is 0 Å². The van der Waals surface area contributed by atoms with E-state index in [9.17, 15) is 14.4 Å². The fraction of sp³-hybridized carbons (Fsp3) is 0.217. The quantitative estimate of drug-likeness (QED) is 0.405. The van der Waals surface area contributed by atoms with Gasteiger partial charge in [-0.25, -0.2) is 0 Å². The van der Waals surface area contributed by atoms with Crippen molar-refractivity contribution in [3.05, 3.63) is 74.0 Å². The van der Waals surface area contributed by atoms with Crippen LogP contribution in [0.4, 0.5) is 23.1 Å². The van der Waals surface area contributed by atoms with Gasteiger partial charge in [0.15, 0.2) is 0 Å². The van der Waals surface area contributed by atoms with E-state index in [1.54, 1.807) is 24.3 Å². The van der Waals surface area contributed by atoms with Crippen molar-refractivity contribution in [2.45, 2.75) is 32.1 Å². The van der Waals surface area contributed by atoms with E-state index in [1.165, 1.54) is 6.07 Å². The zero-order valence-corrected chi connectivity index (χ0v) is 19.3. The van der Waals surface area contributed by atoms with E-state index in [-0.39, 0.29) is 23.8 Å². The molecule has 1 aliphatic rings. The molecule has 2 heterocycles. The lowest BCUT2D eigenvalue weighted by Gasteiger charge is -2.23. The van der Waals surface area contributed by atoms with E-state index in [2.05, 4.69) is 39.8 Å². The molecule has 0 saturated carbocycles. The molecule has 0 radical (unpaired) electrons. The Morgan fingerprint density at radius 3 is 2.52 bits per heavy atom. The largest absolute Gasteiger partial charge is 0.326 e. The monoisotopic (exact) mass is 485 g/mol. The normalized spacial score (nSPS) is 15.1. The Hall–Kier alpha value is -3.36. The zero-order valence-electron chi connectivity index (χ0n) is 17.8. The molecule has 1 aromatic heterocycles. The molecule has 0 unspecified atom stereocenters. The number of H-pyrrole nitrogens is 1. The Morgan fingerprint density at radius 1 is 1.12 bits per heavy atom. The van der Waals surface area contributed by atoms with Crippen LogP contribution in [0.3, 0.4) is 0 Å². The minimum Gasteiger partial charge on any atom is -0.326 e. The van der Waals surface area contributed by atoms with Crippen molar-refractivity contribution in [3.8, 4) is 0 Å². The molecule has 33 heavy (non-hydrogen) atoms. The molecule has 4 N–H and O–H groups in total. The van der Waals surface area contributed by atoms with Gasteiger partial charge in [0.05, 0.1) is 22.2 Å². The number of fused-ring (bicyclic) bond motifs is 1. The van der Waals surface area contributed by atoms with Crippen LogP contribution < -0.4 is 21.5 Å². The summed E-state index contributed by atoms with van der Waals surface area (Å²) in [5.74, 6) is -1.41. The molecule has 0 saturated heterocycles. The van der Waals surface area contributed by atoms with Gasteiger partial charge in [-0.2, -0.15) is 4.98 Å². The number of halogens is 2. The van der Waals surface area contributed by atoms with E-state index in [4.69, 9.17) is 23.2 Å². The summed E-state index contributed by atoms with van der Waals surface area (Å²) in [6.07, 6.45) is -0.163. The molecule has 170 valence electrons. The van der Waals surface area contributed by atoms with E-state index in [0.717, 1.165) is 5.56 Å². The molecule has 0 aliphatic carbocycles. The van der Waals surface area contributed by atoms with Crippen LogP contribution in [0.2, 0.25) is 10.0 Å². The number of nitrogens with one attached hydrogen (secondary N) is 4. The fourth-order valence-electron chi connectivity index (χ4n) is 3.55. The van der Waals surface area contributed by atoms with Crippen molar-refractivity contribution in [1.29, 1.82) is 0 Å². The lowest BCUT2D eigenvalue weighted by molar-refractivity contribution is -0.123. The second-order valence-electron chi connectivity index (χ2n) is 8.00. The molecule has 8 nitrogen and oxygen atoms in total. The molecular weight excluding hydrogens is 465 g/mol. The molecular formula is C23H21Cl2N5O3. The smallest absolute Gasteiger partial charge is 0.258 e. The Balaban J connectivity index is 1.60. The Morgan fingerprint density at radius 2 is 1.85 bits per heavy atom. The average molecular weight is 486 g/mol. The van der Waals surface area contributed by atoms with Gasteiger partial charge in [-0.05, 0) is 41.8 Å². The van der Waals surface area contributed by atoms with E-state index in [0.29, 0.717) is 27.3 Å². The summed E-state index contributed by atoms with van der Waals surface area (Å²) < 4.78 is 0. The van der Waals surface area contributed by atoms with E-state index in [1.807, 2.05) is 12.1 Å². The van der Waals surface area contributed by atoms with Crippen molar-refractivity contribution in [3.63, 3.8) is 0 Å². The van der Waals surface area contributed by atoms with Crippen molar-refractivity contribution in [2.24, 2.45) is 0 Å². The molecule has 10 heteroatoms. The molecule has 2 aromatic carbocycles. The van der Waals surface area contributed by atoms with Gasteiger partial charge >= 0.3 is 0 Å². The number of hydrogen-bond donors (Lipinski definition) is 4. The van der Waals surface area contributed by atoms with Gasteiger partial charge in [0.25, 0.3) is 5.56 Å². The van der Waals surface area contributed by atoms with E-state index >= 15 is 0 Å². The molecule has 2 amide bonds. The number of benzene rings is 2. The second kappa shape index (κ2) is 9.25. The number of aromatic amines is 1. The maximum absolute atomic E-state index is 13.0. The van der Waals surface area contributed by atoms with E-state index < -0.39 is 23.3 Å². The molecule has 3 aromatic rings. The van der Waals surface area contributed by atoms with Crippen LogP contribution in [0.5, 0.6) is 0 Å². The molecule has 1 aliphatic heterocycles. The van der Waals surface area contributed by atoms with Crippen molar-refractivity contribution < 1.29 is 9.59 Å². The van der Waals surface area contributed by atoms with Crippen molar-refractivity contribution in [2.75, 3.05) is 16.0 Å². The Labute approximate surface area is 199 Å². The SMILES string of the molecule is CC(C)c1ccc(NC(=O)[C@@H]2CC(=O)Nc3nc(Nc4ccc(Cl)cc4Cl)[nH]c(=O)c32)cc1. The number of amides is 2. The van der Waals surface area contributed by atoms with Crippen LogP contribution in [0.15, 0.2) is 47.3 Å². The molecule has 4 rings (SSSR count). The Bertz CT molecular complexity index is 1290. The summed E-state index contributed by atoms with van der Waals surface area (Å²) in [4.78, 5) is 45.0.